The molecule has 5 heteroatoms. The van der Waals surface area contributed by atoms with Crippen LogP contribution in [0.15, 0.2) is 35.9 Å². The fraction of sp³-hybridized carbons (Fsp3) is 0.625. The second-order valence-electron chi connectivity index (χ2n) is 9.81. The number of aromatic hydroxyl groups is 1. The SMILES string of the molecule is C[C@H]1CCC[C@]2(C)C[C@H]3OC(=O)[C@H](C[NH+](C)C[C@H](O)c4ccc(O)cc4)[C@H]3C=C12. The van der Waals surface area contributed by atoms with Crippen LogP contribution in [0.3, 0.4) is 0 Å². The van der Waals surface area contributed by atoms with E-state index in [1.807, 2.05) is 7.05 Å². The van der Waals surface area contributed by atoms with E-state index >= 15 is 0 Å². The van der Waals surface area contributed by atoms with Crippen LogP contribution >= 0.6 is 0 Å². The minimum Gasteiger partial charge on any atom is -0.508 e. The molecule has 7 atom stereocenters. The summed E-state index contributed by atoms with van der Waals surface area (Å²) < 4.78 is 5.84. The molecule has 5 nitrogen and oxygen atoms in total. The molecule has 1 heterocycles. The first-order chi connectivity index (χ1) is 13.8. The van der Waals surface area contributed by atoms with E-state index in [4.69, 9.17) is 4.74 Å². The van der Waals surface area contributed by atoms with Gasteiger partial charge in [-0.05, 0) is 48.3 Å². The van der Waals surface area contributed by atoms with Crippen LogP contribution in [-0.2, 0) is 9.53 Å². The molecule has 2 fully saturated rings. The predicted molar refractivity (Wildman–Crippen MR) is 110 cm³/mol. The molecule has 0 amide bonds. The lowest BCUT2D eigenvalue weighted by atomic mass is 9.59. The second-order valence-corrected chi connectivity index (χ2v) is 9.81. The van der Waals surface area contributed by atoms with E-state index in [9.17, 15) is 15.0 Å². The highest BCUT2D eigenvalue weighted by molar-refractivity contribution is 5.76. The topological polar surface area (TPSA) is 71.2 Å². The van der Waals surface area contributed by atoms with Crippen LogP contribution in [0.5, 0.6) is 5.75 Å². The Morgan fingerprint density at radius 1 is 1.31 bits per heavy atom. The number of phenolic OH excluding ortho intramolecular Hbond substituents is 1. The van der Waals surface area contributed by atoms with E-state index in [1.165, 1.54) is 24.8 Å². The molecule has 0 spiro atoms. The van der Waals surface area contributed by atoms with Gasteiger partial charge < -0.3 is 19.8 Å². The van der Waals surface area contributed by atoms with Gasteiger partial charge in [-0.15, -0.1) is 0 Å². The van der Waals surface area contributed by atoms with Crippen LogP contribution < -0.4 is 4.90 Å². The van der Waals surface area contributed by atoms with Gasteiger partial charge in [0, 0.05) is 5.92 Å². The first-order valence-corrected chi connectivity index (χ1v) is 11.0. The number of benzene rings is 1. The summed E-state index contributed by atoms with van der Waals surface area (Å²) in [5.41, 5.74) is 2.50. The van der Waals surface area contributed by atoms with E-state index in [0.29, 0.717) is 19.0 Å². The molecule has 1 saturated carbocycles. The molecule has 1 aliphatic heterocycles. The highest BCUT2D eigenvalue weighted by atomic mass is 16.6. The summed E-state index contributed by atoms with van der Waals surface area (Å²) in [6.07, 6.45) is 6.39. The van der Waals surface area contributed by atoms with Crippen LogP contribution in [0.4, 0.5) is 0 Å². The van der Waals surface area contributed by atoms with Crippen molar-refractivity contribution in [2.45, 2.75) is 51.7 Å². The lowest BCUT2D eigenvalue weighted by molar-refractivity contribution is -0.886. The number of esters is 1. The summed E-state index contributed by atoms with van der Waals surface area (Å²) >= 11 is 0. The number of quaternary nitrogens is 1. The lowest BCUT2D eigenvalue weighted by Crippen LogP contribution is -3.10. The van der Waals surface area contributed by atoms with Crippen molar-refractivity contribution in [1.29, 1.82) is 0 Å². The van der Waals surface area contributed by atoms with Gasteiger partial charge in [-0.2, -0.15) is 0 Å². The normalized spacial score (nSPS) is 35.9. The number of hydrogen-bond donors (Lipinski definition) is 3. The zero-order valence-corrected chi connectivity index (χ0v) is 17.7. The van der Waals surface area contributed by atoms with Gasteiger partial charge >= 0.3 is 5.97 Å². The third-order valence-electron chi connectivity index (χ3n) is 7.47. The minimum atomic E-state index is -0.629. The molecular weight excluding hydrogens is 366 g/mol. The smallest absolute Gasteiger partial charge is 0.315 e. The number of nitrogens with one attached hydrogen (secondary N) is 1. The molecule has 1 aromatic carbocycles. The number of ether oxygens (including phenoxy) is 1. The highest BCUT2D eigenvalue weighted by Crippen LogP contribution is 2.53. The van der Waals surface area contributed by atoms with Crippen LogP contribution in [0.25, 0.3) is 0 Å². The zero-order valence-electron chi connectivity index (χ0n) is 17.7. The average Bonchev–Trinajstić information content (AvgIpc) is 2.94. The van der Waals surface area contributed by atoms with Crippen molar-refractivity contribution in [3.05, 3.63) is 41.5 Å². The van der Waals surface area contributed by atoms with E-state index < -0.39 is 6.10 Å². The summed E-state index contributed by atoms with van der Waals surface area (Å²) in [5.74, 6) is 0.721. The molecule has 1 unspecified atom stereocenters. The Morgan fingerprint density at radius 3 is 2.76 bits per heavy atom. The Hall–Kier alpha value is -1.85. The third-order valence-corrected chi connectivity index (χ3v) is 7.47. The van der Waals surface area contributed by atoms with Gasteiger partial charge in [-0.25, -0.2) is 0 Å². The molecule has 1 saturated heterocycles. The monoisotopic (exact) mass is 400 g/mol. The van der Waals surface area contributed by atoms with Gasteiger partial charge in [-0.1, -0.05) is 44.1 Å². The maximum absolute atomic E-state index is 12.7. The molecule has 0 bridgehead atoms. The predicted octanol–water partition coefficient (Wildman–Crippen LogP) is 2.25. The molecule has 0 radical (unpaired) electrons. The minimum absolute atomic E-state index is 0.00127. The Morgan fingerprint density at radius 2 is 2.03 bits per heavy atom. The van der Waals surface area contributed by atoms with Crippen molar-refractivity contribution in [2.24, 2.45) is 23.2 Å². The molecule has 158 valence electrons. The van der Waals surface area contributed by atoms with E-state index in [0.717, 1.165) is 16.9 Å². The van der Waals surface area contributed by atoms with Crippen molar-refractivity contribution >= 4 is 5.97 Å². The molecule has 2 aliphatic carbocycles. The quantitative estimate of drug-likeness (QED) is 0.524. The van der Waals surface area contributed by atoms with Crippen LogP contribution in [-0.4, -0.2) is 42.4 Å². The van der Waals surface area contributed by atoms with Gasteiger partial charge in [-0.3, -0.25) is 4.79 Å². The molecule has 3 aliphatic rings. The van der Waals surface area contributed by atoms with E-state index in [2.05, 4.69) is 19.9 Å². The van der Waals surface area contributed by atoms with Gasteiger partial charge in [0.15, 0.2) is 0 Å². The van der Waals surface area contributed by atoms with E-state index in [1.54, 1.807) is 24.3 Å². The van der Waals surface area contributed by atoms with Gasteiger partial charge in [0.1, 0.15) is 30.4 Å². The number of carbonyl (C=O) groups is 1. The number of rotatable bonds is 5. The molecule has 0 aromatic heterocycles. The summed E-state index contributed by atoms with van der Waals surface area (Å²) in [6, 6.07) is 6.65. The fourth-order valence-corrected chi connectivity index (χ4v) is 5.89. The summed E-state index contributed by atoms with van der Waals surface area (Å²) in [5, 5.41) is 20.0. The zero-order chi connectivity index (χ0) is 20.8. The van der Waals surface area contributed by atoms with Crippen molar-refractivity contribution in [3.63, 3.8) is 0 Å². The van der Waals surface area contributed by atoms with Crippen LogP contribution in [0.1, 0.15) is 51.2 Å². The third kappa shape index (κ3) is 3.95. The number of hydrogen-bond acceptors (Lipinski definition) is 4. The van der Waals surface area contributed by atoms with Gasteiger partial charge in [0.25, 0.3) is 0 Å². The molecule has 29 heavy (non-hydrogen) atoms. The lowest BCUT2D eigenvalue weighted by Gasteiger charge is -2.46. The number of allylic oxidation sites excluding steroid dienone is 1. The Balaban J connectivity index is 1.45. The highest BCUT2D eigenvalue weighted by Gasteiger charge is 2.52. The van der Waals surface area contributed by atoms with Crippen molar-refractivity contribution in [2.75, 3.05) is 20.1 Å². The van der Waals surface area contributed by atoms with E-state index in [-0.39, 0.29) is 35.1 Å². The number of phenols is 1. The maximum atomic E-state index is 12.7. The number of fused-ring (bicyclic) bond motifs is 2. The number of aliphatic hydroxyl groups excluding tert-OH is 1. The Labute approximate surface area is 173 Å². The molecule has 4 rings (SSSR count). The summed E-state index contributed by atoms with van der Waals surface area (Å²) in [4.78, 5) is 13.8. The summed E-state index contributed by atoms with van der Waals surface area (Å²) in [6.45, 7) is 5.83. The Bertz CT molecular complexity index is 789. The standard InChI is InChI=1S/C24H33NO4/c1-15-5-4-10-24(2)12-22-18(11-20(15)24)19(23(28)29-22)13-25(3)14-21(27)16-6-8-17(26)9-7-16/h6-9,11,15,18-19,21-22,26-27H,4-5,10,12-14H2,1-3H3/p+1/t15-,18+,19+,21-,22+,24+/m0/s1. The van der Waals surface area contributed by atoms with Crippen molar-refractivity contribution in [3.8, 4) is 5.75 Å². The Kier molecular flexibility index (Phi) is 5.47. The first-order valence-electron chi connectivity index (χ1n) is 11.0. The summed E-state index contributed by atoms with van der Waals surface area (Å²) in [7, 11) is 2.02. The number of carbonyl (C=O) groups excluding carboxylic acids is 1. The fourth-order valence-electron chi connectivity index (χ4n) is 5.89. The maximum Gasteiger partial charge on any atom is 0.315 e. The molecule has 3 N–H and O–H groups in total. The van der Waals surface area contributed by atoms with Gasteiger partial charge in [0.05, 0.1) is 13.6 Å². The average molecular weight is 401 g/mol. The number of likely N-dealkylation sites (N-methyl/N-ethyl adjacent to an activating group) is 1. The number of aliphatic hydroxyl groups is 1. The van der Waals surface area contributed by atoms with Crippen LogP contribution in [0, 0.1) is 23.2 Å². The van der Waals surface area contributed by atoms with Gasteiger partial charge in [0.2, 0.25) is 0 Å². The molecule has 1 aromatic rings. The molecular formula is C24H34NO4+. The first kappa shape index (κ1) is 20.4. The second kappa shape index (κ2) is 7.77. The van der Waals surface area contributed by atoms with Crippen molar-refractivity contribution in [1.82, 2.24) is 0 Å². The van der Waals surface area contributed by atoms with Crippen molar-refractivity contribution < 1.29 is 24.6 Å². The largest absolute Gasteiger partial charge is 0.508 e. The van der Waals surface area contributed by atoms with Crippen LogP contribution in [0.2, 0.25) is 0 Å².